The van der Waals surface area contributed by atoms with Gasteiger partial charge in [0, 0.05) is 19.0 Å². The van der Waals surface area contributed by atoms with Gasteiger partial charge in [-0.3, -0.25) is 0 Å². The van der Waals surface area contributed by atoms with Crippen LogP contribution in [0.4, 0.5) is 5.82 Å². The lowest BCUT2D eigenvalue weighted by atomic mass is 10.2. The average Bonchev–Trinajstić information content (AvgIpc) is 2.34. The Morgan fingerprint density at radius 2 is 2.00 bits per heavy atom. The lowest BCUT2D eigenvalue weighted by Gasteiger charge is -2.11. The monoisotopic (exact) mass is 251 g/mol. The van der Waals surface area contributed by atoms with Crippen LogP contribution in [0.1, 0.15) is 46.4 Å². The zero-order valence-corrected chi connectivity index (χ0v) is 12.0. The molecule has 0 saturated heterocycles. The molecule has 1 aromatic rings. The molecule has 18 heavy (non-hydrogen) atoms. The van der Waals surface area contributed by atoms with Gasteiger partial charge in [-0.25, -0.2) is 4.98 Å². The van der Waals surface area contributed by atoms with Gasteiger partial charge < -0.3 is 10.1 Å². The third kappa shape index (κ3) is 5.34. The predicted octanol–water partition coefficient (Wildman–Crippen LogP) is 3.29. The number of anilines is 1. The highest BCUT2D eigenvalue weighted by molar-refractivity contribution is 5.38. The van der Waals surface area contributed by atoms with Crippen molar-refractivity contribution in [2.45, 2.75) is 47.0 Å². The van der Waals surface area contributed by atoms with Crippen molar-refractivity contribution < 1.29 is 4.74 Å². The van der Waals surface area contributed by atoms with Crippen molar-refractivity contribution >= 4 is 5.82 Å². The minimum Gasteiger partial charge on any atom is -0.477 e. The molecule has 0 unspecified atom stereocenters. The number of aryl methyl sites for hydroxylation is 1. The molecule has 0 fully saturated rings. The van der Waals surface area contributed by atoms with Gasteiger partial charge in [-0.2, -0.15) is 4.98 Å². The Labute approximate surface area is 110 Å². The topological polar surface area (TPSA) is 47.0 Å². The van der Waals surface area contributed by atoms with Crippen LogP contribution in [-0.4, -0.2) is 23.1 Å². The number of hydrogen-bond donors (Lipinski definition) is 1. The summed E-state index contributed by atoms with van der Waals surface area (Å²) in [5.74, 6) is 2.91. The standard InChI is InChI=1S/C14H25N3O/c1-5-7-12-16-13(15-8-6-2)9-14(17-12)18-10-11(3)4/h9,11H,5-8,10H2,1-4H3,(H,15,16,17). The first kappa shape index (κ1) is 14.7. The molecule has 0 radical (unpaired) electrons. The molecule has 1 rings (SSSR count). The van der Waals surface area contributed by atoms with E-state index >= 15 is 0 Å². The third-order valence-corrected chi connectivity index (χ3v) is 2.34. The van der Waals surface area contributed by atoms with Crippen LogP contribution in [0.2, 0.25) is 0 Å². The second-order valence-corrected chi connectivity index (χ2v) is 4.89. The zero-order valence-electron chi connectivity index (χ0n) is 12.0. The van der Waals surface area contributed by atoms with E-state index in [1.165, 1.54) is 0 Å². The maximum Gasteiger partial charge on any atom is 0.218 e. The zero-order chi connectivity index (χ0) is 13.4. The molecule has 0 spiro atoms. The van der Waals surface area contributed by atoms with Crippen LogP contribution in [0.3, 0.4) is 0 Å². The van der Waals surface area contributed by atoms with Crippen LogP contribution in [0.15, 0.2) is 6.07 Å². The van der Waals surface area contributed by atoms with Gasteiger partial charge in [0.15, 0.2) is 0 Å². The summed E-state index contributed by atoms with van der Waals surface area (Å²) in [6.45, 7) is 10.1. The molecule has 1 aromatic heterocycles. The fraction of sp³-hybridized carbons (Fsp3) is 0.714. The summed E-state index contributed by atoms with van der Waals surface area (Å²) in [6.07, 6.45) is 3.01. The van der Waals surface area contributed by atoms with E-state index in [9.17, 15) is 0 Å². The summed E-state index contributed by atoms with van der Waals surface area (Å²) in [5.41, 5.74) is 0. The Morgan fingerprint density at radius 1 is 1.22 bits per heavy atom. The molecular formula is C14H25N3O. The van der Waals surface area contributed by atoms with Crippen LogP contribution in [0.25, 0.3) is 0 Å². The molecule has 0 saturated carbocycles. The minimum atomic E-state index is 0.502. The first-order chi connectivity index (χ1) is 8.65. The number of rotatable bonds is 8. The SMILES string of the molecule is CCCNc1cc(OCC(C)C)nc(CCC)n1. The average molecular weight is 251 g/mol. The van der Waals surface area contributed by atoms with Crippen molar-refractivity contribution in [3.05, 3.63) is 11.9 Å². The Bertz CT molecular complexity index is 353. The van der Waals surface area contributed by atoms with E-state index in [0.29, 0.717) is 18.4 Å². The Balaban J connectivity index is 2.76. The van der Waals surface area contributed by atoms with Gasteiger partial charge in [-0.1, -0.05) is 27.7 Å². The largest absolute Gasteiger partial charge is 0.477 e. The quantitative estimate of drug-likeness (QED) is 0.770. The Morgan fingerprint density at radius 3 is 2.61 bits per heavy atom. The minimum absolute atomic E-state index is 0.502. The Hall–Kier alpha value is -1.32. The van der Waals surface area contributed by atoms with Crippen molar-refractivity contribution in [2.75, 3.05) is 18.5 Å². The first-order valence-corrected chi connectivity index (χ1v) is 6.90. The molecule has 4 nitrogen and oxygen atoms in total. The number of ether oxygens (including phenoxy) is 1. The molecule has 0 amide bonds. The summed E-state index contributed by atoms with van der Waals surface area (Å²) in [6, 6.07) is 1.89. The lowest BCUT2D eigenvalue weighted by Crippen LogP contribution is -2.10. The number of aromatic nitrogens is 2. The fourth-order valence-corrected chi connectivity index (χ4v) is 1.48. The van der Waals surface area contributed by atoms with Crippen LogP contribution >= 0.6 is 0 Å². The molecule has 0 aromatic carbocycles. The highest BCUT2D eigenvalue weighted by Crippen LogP contribution is 2.15. The van der Waals surface area contributed by atoms with Crippen molar-refractivity contribution in [2.24, 2.45) is 5.92 Å². The van der Waals surface area contributed by atoms with E-state index in [-0.39, 0.29) is 0 Å². The molecule has 102 valence electrons. The smallest absolute Gasteiger partial charge is 0.218 e. The van der Waals surface area contributed by atoms with Crippen LogP contribution in [-0.2, 0) is 6.42 Å². The van der Waals surface area contributed by atoms with Gasteiger partial charge in [-0.05, 0) is 18.8 Å². The molecule has 0 bridgehead atoms. The van der Waals surface area contributed by atoms with Crippen LogP contribution in [0.5, 0.6) is 5.88 Å². The lowest BCUT2D eigenvalue weighted by molar-refractivity contribution is 0.260. The highest BCUT2D eigenvalue weighted by Gasteiger charge is 2.05. The van der Waals surface area contributed by atoms with E-state index < -0.39 is 0 Å². The molecule has 4 heteroatoms. The van der Waals surface area contributed by atoms with Crippen molar-refractivity contribution in [1.82, 2.24) is 9.97 Å². The van der Waals surface area contributed by atoms with Gasteiger partial charge >= 0.3 is 0 Å². The third-order valence-electron chi connectivity index (χ3n) is 2.34. The van der Waals surface area contributed by atoms with Gasteiger partial charge in [0.2, 0.25) is 5.88 Å². The van der Waals surface area contributed by atoms with Gasteiger partial charge in [-0.15, -0.1) is 0 Å². The maximum absolute atomic E-state index is 5.68. The second-order valence-electron chi connectivity index (χ2n) is 4.89. The predicted molar refractivity (Wildman–Crippen MR) is 75.1 cm³/mol. The number of hydrogen-bond acceptors (Lipinski definition) is 4. The van der Waals surface area contributed by atoms with Gasteiger partial charge in [0.05, 0.1) is 6.61 Å². The summed E-state index contributed by atoms with van der Waals surface area (Å²) in [7, 11) is 0. The molecule has 0 aliphatic rings. The molecule has 0 atom stereocenters. The van der Waals surface area contributed by atoms with Gasteiger partial charge in [0.25, 0.3) is 0 Å². The van der Waals surface area contributed by atoms with E-state index in [2.05, 4.69) is 43.0 Å². The summed E-state index contributed by atoms with van der Waals surface area (Å²) in [5, 5.41) is 3.29. The van der Waals surface area contributed by atoms with Gasteiger partial charge in [0.1, 0.15) is 11.6 Å². The van der Waals surface area contributed by atoms with E-state index in [1.807, 2.05) is 6.07 Å². The fourth-order valence-electron chi connectivity index (χ4n) is 1.48. The summed E-state index contributed by atoms with van der Waals surface area (Å²) < 4.78 is 5.68. The highest BCUT2D eigenvalue weighted by atomic mass is 16.5. The van der Waals surface area contributed by atoms with E-state index in [4.69, 9.17) is 4.74 Å². The molecule has 1 N–H and O–H groups in total. The maximum atomic E-state index is 5.68. The Kier molecular flexibility index (Phi) is 6.47. The first-order valence-electron chi connectivity index (χ1n) is 6.90. The van der Waals surface area contributed by atoms with Crippen LogP contribution in [0, 0.1) is 5.92 Å². The van der Waals surface area contributed by atoms with Crippen LogP contribution < -0.4 is 10.1 Å². The van der Waals surface area contributed by atoms with Crippen molar-refractivity contribution in [3.63, 3.8) is 0 Å². The molecule has 1 heterocycles. The molecule has 0 aliphatic heterocycles. The normalized spacial score (nSPS) is 10.7. The molecule has 0 aliphatic carbocycles. The molecular weight excluding hydrogens is 226 g/mol. The number of nitrogens with one attached hydrogen (secondary N) is 1. The number of nitrogens with zero attached hydrogens (tertiary/aromatic N) is 2. The van der Waals surface area contributed by atoms with E-state index in [0.717, 1.165) is 37.4 Å². The second kappa shape index (κ2) is 7.90. The van der Waals surface area contributed by atoms with Crippen molar-refractivity contribution in [1.29, 1.82) is 0 Å². The summed E-state index contributed by atoms with van der Waals surface area (Å²) >= 11 is 0. The van der Waals surface area contributed by atoms with E-state index in [1.54, 1.807) is 0 Å². The van der Waals surface area contributed by atoms with Crippen molar-refractivity contribution in [3.8, 4) is 5.88 Å². The summed E-state index contributed by atoms with van der Waals surface area (Å²) in [4.78, 5) is 8.92.